The molecule has 6 nitrogen and oxygen atoms in total. The Balaban J connectivity index is 2.05. The Morgan fingerprint density at radius 3 is 2.81 bits per heavy atom. The summed E-state index contributed by atoms with van der Waals surface area (Å²) >= 11 is 0. The minimum Gasteiger partial charge on any atom is -0.424 e. The first-order valence-corrected chi connectivity index (χ1v) is 6.36. The Morgan fingerprint density at radius 2 is 2.12 bits per heavy atom. The number of fused-ring (bicyclic) bond motifs is 1. The second-order valence-corrected chi connectivity index (χ2v) is 5.01. The second-order valence-electron chi connectivity index (χ2n) is 3.28. The average molecular weight is 241 g/mol. The maximum absolute atomic E-state index is 10.7. The summed E-state index contributed by atoms with van der Waals surface area (Å²) in [5, 5.41) is 7.61. The van der Waals surface area contributed by atoms with Crippen LogP contribution in [0.4, 0.5) is 6.01 Å². The number of sulfonamides is 1. The van der Waals surface area contributed by atoms with E-state index in [0.717, 1.165) is 5.52 Å². The Bertz CT molecular complexity index is 558. The summed E-state index contributed by atoms with van der Waals surface area (Å²) in [6.07, 6.45) is 0. The van der Waals surface area contributed by atoms with Gasteiger partial charge in [0, 0.05) is 6.54 Å². The first-order chi connectivity index (χ1) is 7.54. The molecule has 0 amide bonds. The smallest absolute Gasteiger partial charge is 0.295 e. The highest BCUT2D eigenvalue weighted by Gasteiger charge is 2.06. The first-order valence-electron chi connectivity index (χ1n) is 4.64. The number of oxazole rings is 1. The van der Waals surface area contributed by atoms with Crippen molar-refractivity contribution in [2.75, 3.05) is 17.6 Å². The number of hydrogen-bond acceptors (Lipinski definition) is 5. The molecular weight excluding hydrogens is 230 g/mol. The Hall–Kier alpha value is -1.60. The highest BCUT2D eigenvalue weighted by molar-refractivity contribution is 7.89. The van der Waals surface area contributed by atoms with Crippen molar-refractivity contribution in [1.29, 1.82) is 0 Å². The lowest BCUT2D eigenvalue weighted by molar-refractivity contribution is 0.596. The second kappa shape index (κ2) is 4.11. The molecule has 7 heteroatoms. The summed E-state index contributed by atoms with van der Waals surface area (Å²) in [6, 6.07) is 7.57. The number of aromatic nitrogens is 1. The fourth-order valence-corrected chi connectivity index (χ4v) is 1.63. The molecule has 86 valence electrons. The van der Waals surface area contributed by atoms with E-state index in [0.29, 0.717) is 11.6 Å². The van der Waals surface area contributed by atoms with Crippen molar-refractivity contribution in [3.05, 3.63) is 24.3 Å². The van der Waals surface area contributed by atoms with E-state index in [1.54, 1.807) is 6.07 Å². The SMILES string of the molecule is NS(=O)(=O)CCNc1nc2ccccc2o1. The molecule has 0 saturated heterocycles. The molecule has 0 unspecified atom stereocenters. The predicted octanol–water partition coefficient (Wildman–Crippen LogP) is 0.528. The summed E-state index contributed by atoms with van der Waals surface area (Å²) in [5.41, 5.74) is 1.38. The van der Waals surface area contributed by atoms with Gasteiger partial charge in [0.05, 0.1) is 5.75 Å². The molecule has 1 aromatic carbocycles. The molecule has 0 spiro atoms. The molecule has 1 heterocycles. The first kappa shape index (κ1) is 10.9. The zero-order chi connectivity index (χ0) is 11.6. The number of nitrogens with two attached hydrogens (primary N) is 1. The zero-order valence-electron chi connectivity index (χ0n) is 8.38. The van der Waals surface area contributed by atoms with E-state index in [1.807, 2.05) is 18.2 Å². The third-order valence-electron chi connectivity index (χ3n) is 1.96. The van der Waals surface area contributed by atoms with Crippen LogP contribution in [0.3, 0.4) is 0 Å². The minimum absolute atomic E-state index is 0.161. The molecule has 0 aliphatic carbocycles. The predicted molar refractivity (Wildman–Crippen MR) is 60.5 cm³/mol. The maximum atomic E-state index is 10.7. The van der Waals surface area contributed by atoms with Crippen molar-refractivity contribution >= 4 is 27.1 Å². The molecule has 3 N–H and O–H groups in total. The van der Waals surface area contributed by atoms with Gasteiger partial charge in [-0.25, -0.2) is 13.6 Å². The summed E-state index contributed by atoms with van der Waals surface area (Å²) in [5.74, 6) is -0.161. The summed E-state index contributed by atoms with van der Waals surface area (Å²) < 4.78 is 26.7. The topological polar surface area (TPSA) is 98.2 Å². The molecule has 0 fully saturated rings. The molecule has 0 bridgehead atoms. The fraction of sp³-hybridized carbons (Fsp3) is 0.222. The third-order valence-corrected chi connectivity index (χ3v) is 2.73. The van der Waals surface area contributed by atoms with Gasteiger partial charge in [-0.05, 0) is 12.1 Å². The van der Waals surface area contributed by atoms with E-state index in [2.05, 4.69) is 10.3 Å². The van der Waals surface area contributed by atoms with Crippen LogP contribution >= 0.6 is 0 Å². The standard InChI is InChI=1S/C9H11N3O3S/c10-16(13,14)6-5-11-9-12-7-3-1-2-4-8(7)15-9/h1-4H,5-6H2,(H,11,12)(H2,10,13,14). The molecule has 0 aliphatic heterocycles. The number of anilines is 1. The molecule has 0 saturated carbocycles. The van der Waals surface area contributed by atoms with Crippen LogP contribution in [0.1, 0.15) is 0 Å². The van der Waals surface area contributed by atoms with Crippen LogP contribution in [-0.2, 0) is 10.0 Å². The van der Waals surface area contributed by atoms with Crippen LogP contribution in [0.15, 0.2) is 28.7 Å². The van der Waals surface area contributed by atoms with Gasteiger partial charge < -0.3 is 9.73 Å². The summed E-state index contributed by atoms with van der Waals surface area (Å²) in [7, 11) is -3.46. The van der Waals surface area contributed by atoms with E-state index in [1.165, 1.54) is 0 Å². The largest absolute Gasteiger partial charge is 0.424 e. The molecular formula is C9H11N3O3S. The third kappa shape index (κ3) is 2.71. The lowest BCUT2D eigenvalue weighted by atomic mass is 10.3. The summed E-state index contributed by atoms with van der Waals surface area (Å²) in [6.45, 7) is 0.172. The van der Waals surface area contributed by atoms with Crippen molar-refractivity contribution in [2.24, 2.45) is 5.14 Å². The van der Waals surface area contributed by atoms with Gasteiger partial charge in [0.25, 0.3) is 6.01 Å². The van der Waals surface area contributed by atoms with Crippen LogP contribution in [0.2, 0.25) is 0 Å². The zero-order valence-corrected chi connectivity index (χ0v) is 9.20. The Kier molecular flexibility index (Phi) is 2.80. The van der Waals surface area contributed by atoms with Crippen LogP contribution in [0, 0.1) is 0 Å². The van der Waals surface area contributed by atoms with E-state index >= 15 is 0 Å². The lowest BCUT2D eigenvalue weighted by Gasteiger charge is -1.98. The van der Waals surface area contributed by atoms with Crippen molar-refractivity contribution in [3.8, 4) is 0 Å². The van der Waals surface area contributed by atoms with Crippen molar-refractivity contribution in [3.63, 3.8) is 0 Å². The van der Waals surface area contributed by atoms with Gasteiger partial charge in [-0.15, -0.1) is 0 Å². The maximum Gasteiger partial charge on any atom is 0.295 e. The molecule has 2 rings (SSSR count). The average Bonchev–Trinajstić information content (AvgIpc) is 2.57. The van der Waals surface area contributed by atoms with Crippen LogP contribution in [-0.4, -0.2) is 25.7 Å². The number of rotatable bonds is 4. The number of primary sulfonamides is 1. The number of hydrogen-bond donors (Lipinski definition) is 2. The van der Waals surface area contributed by atoms with Gasteiger partial charge >= 0.3 is 0 Å². The highest BCUT2D eigenvalue weighted by atomic mass is 32.2. The quantitative estimate of drug-likeness (QED) is 0.813. The van der Waals surface area contributed by atoms with E-state index < -0.39 is 10.0 Å². The molecule has 16 heavy (non-hydrogen) atoms. The van der Waals surface area contributed by atoms with Crippen molar-refractivity contribution in [2.45, 2.75) is 0 Å². The monoisotopic (exact) mass is 241 g/mol. The van der Waals surface area contributed by atoms with Gasteiger partial charge in [0.2, 0.25) is 10.0 Å². The van der Waals surface area contributed by atoms with Gasteiger partial charge in [0.15, 0.2) is 5.58 Å². The van der Waals surface area contributed by atoms with Gasteiger partial charge in [-0.3, -0.25) is 0 Å². The van der Waals surface area contributed by atoms with Crippen LogP contribution in [0.25, 0.3) is 11.1 Å². The fourth-order valence-electron chi connectivity index (χ4n) is 1.25. The molecule has 1 aromatic heterocycles. The molecule has 2 aromatic rings. The minimum atomic E-state index is -3.46. The van der Waals surface area contributed by atoms with Gasteiger partial charge in [-0.1, -0.05) is 12.1 Å². The lowest BCUT2D eigenvalue weighted by Crippen LogP contribution is -2.22. The van der Waals surface area contributed by atoms with Crippen LogP contribution in [0.5, 0.6) is 0 Å². The van der Waals surface area contributed by atoms with E-state index in [-0.39, 0.29) is 12.3 Å². The molecule has 0 aliphatic rings. The van der Waals surface area contributed by atoms with Gasteiger partial charge in [-0.2, -0.15) is 4.98 Å². The van der Waals surface area contributed by atoms with Gasteiger partial charge in [0.1, 0.15) is 5.52 Å². The normalized spacial score (nSPS) is 11.8. The summed E-state index contributed by atoms with van der Waals surface area (Å²) in [4.78, 5) is 4.12. The van der Waals surface area contributed by atoms with E-state index in [4.69, 9.17) is 9.56 Å². The highest BCUT2D eigenvalue weighted by Crippen LogP contribution is 2.17. The van der Waals surface area contributed by atoms with E-state index in [9.17, 15) is 8.42 Å². The molecule has 0 atom stereocenters. The van der Waals surface area contributed by atoms with Crippen LogP contribution < -0.4 is 10.5 Å². The molecule has 0 radical (unpaired) electrons. The number of benzene rings is 1. The number of para-hydroxylation sites is 2. The Labute approximate surface area is 92.5 Å². The number of nitrogens with one attached hydrogen (secondary N) is 1. The van der Waals surface area contributed by atoms with Crippen molar-refractivity contribution in [1.82, 2.24) is 4.98 Å². The number of nitrogens with zero attached hydrogens (tertiary/aromatic N) is 1. The Morgan fingerprint density at radius 1 is 1.38 bits per heavy atom. The van der Waals surface area contributed by atoms with Crippen molar-refractivity contribution < 1.29 is 12.8 Å².